The van der Waals surface area contributed by atoms with Crippen LogP contribution in [0.25, 0.3) is 0 Å². The Morgan fingerprint density at radius 1 is 1.17 bits per heavy atom. The van der Waals surface area contributed by atoms with Gasteiger partial charge in [0.05, 0.1) is 0 Å². The van der Waals surface area contributed by atoms with E-state index in [0.29, 0.717) is 0 Å². The summed E-state index contributed by atoms with van der Waals surface area (Å²) in [6, 6.07) is 0. The molecule has 0 saturated heterocycles. The van der Waals surface area contributed by atoms with Gasteiger partial charge in [-0.2, -0.15) is 0 Å². The predicted octanol–water partition coefficient (Wildman–Crippen LogP) is -8.49. The van der Waals surface area contributed by atoms with Gasteiger partial charge >= 0.3 is 85.8 Å². The molecule has 0 aromatic carbocycles. The van der Waals surface area contributed by atoms with Gasteiger partial charge in [0.25, 0.3) is 0 Å². The van der Waals surface area contributed by atoms with Crippen LogP contribution >= 0.6 is 0 Å². The van der Waals surface area contributed by atoms with Crippen LogP contribution in [-0.4, -0.2) is 0 Å². The van der Waals surface area contributed by atoms with E-state index in [4.69, 9.17) is 12.2 Å². The van der Waals surface area contributed by atoms with Crippen LogP contribution in [0.5, 0.6) is 0 Å². The first-order chi connectivity index (χ1) is 1.73. The molecule has 0 heterocycles. The van der Waals surface area contributed by atoms with Crippen molar-refractivity contribution in [3.63, 3.8) is 0 Å². The number of hydrogen-bond donors (Lipinski definition) is 0. The maximum atomic E-state index is 8.52. The summed E-state index contributed by atoms with van der Waals surface area (Å²) >= 11 is -3.65. The second-order valence-electron chi connectivity index (χ2n) is 0.189. The predicted molar refractivity (Wildman–Crippen MR) is 0.686 cm³/mol. The van der Waals surface area contributed by atoms with Gasteiger partial charge in [0, 0.05) is 0 Å². The van der Waals surface area contributed by atoms with Crippen LogP contribution in [0.3, 0.4) is 0 Å². The van der Waals surface area contributed by atoms with Gasteiger partial charge in [0.1, 0.15) is 0 Å². The normalized spacial score (nSPS) is 5.83. The van der Waals surface area contributed by atoms with E-state index in [1.54, 1.807) is 0 Å². The average Bonchev–Trinajstić information content (AvgIpc) is 0.811. The molecule has 0 amide bonds. The van der Waals surface area contributed by atoms with Crippen molar-refractivity contribution in [2.24, 2.45) is 0 Å². The van der Waals surface area contributed by atoms with Gasteiger partial charge in [0.15, 0.2) is 0 Å². The molecule has 0 aromatic heterocycles. The molecule has 0 aliphatic rings. The molecule has 0 aliphatic heterocycles. The van der Waals surface area contributed by atoms with E-state index in [0.717, 1.165) is 0 Å². The van der Waals surface area contributed by atoms with E-state index in [9.17, 15) is 0 Å². The number of rotatable bonds is 0. The van der Waals surface area contributed by atoms with Gasteiger partial charge in [-0.05, 0) is 0 Å². The zero-order valence-electron chi connectivity index (χ0n) is 3.60. The van der Waals surface area contributed by atoms with E-state index in [2.05, 4.69) is 0 Å². The molecule has 0 saturated carbocycles. The molecule has 0 rings (SSSR count). The van der Waals surface area contributed by atoms with Crippen LogP contribution in [0.2, 0.25) is 0 Å². The first-order valence-corrected chi connectivity index (χ1v) is 1.91. The van der Waals surface area contributed by atoms with Crippen molar-refractivity contribution >= 4 is 0 Å². The molecule has 0 aliphatic carbocycles. The summed E-state index contributed by atoms with van der Waals surface area (Å²) in [7, 11) is 0. The first-order valence-electron chi connectivity index (χ1n) is 0.463. The van der Waals surface area contributed by atoms with E-state index >= 15 is 0 Å². The summed E-state index contributed by atoms with van der Waals surface area (Å²) in [5.41, 5.74) is 0. The van der Waals surface area contributed by atoms with Crippen molar-refractivity contribution in [2.75, 3.05) is 0 Å². The van der Waals surface area contributed by atoms with E-state index in [-0.39, 0.29) is 59.1 Å². The molecular formula is MnNa2O3. The third-order valence-electron chi connectivity index (χ3n) is 0. The molecular weight excluding hydrogens is 149 g/mol. The van der Waals surface area contributed by atoms with Gasteiger partial charge in [-0.25, -0.2) is 0 Å². The summed E-state index contributed by atoms with van der Waals surface area (Å²) in [5, 5.41) is 0. The molecule has 0 spiro atoms. The first kappa shape index (κ1) is 15.7. The van der Waals surface area contributed by atoms with Gasteiger partial charge in [0.2, 0.25) is 0 Å². The molecule has 0 N–H and O–H groups in total. The molecule has 6 heavy (non-hydrogen) atoms. The van der Waals surface area contributed by atoms with E-state index < -0.39 is 14.5 Å². The standard InChI is InChI=1S/Mn.2Na.3O/q;2*+1;;2*-1. The Balaban J connectivity index is -0.0000000450. The Morgan fingerprint density at radius 3 is 1.17 bits per heavy atom. The molecule has 27 valence electrons. The van der Waals surface area contributed by atoms with Gasteiger partial charge < -0.3 is 0 Å². The topological polar surface area (TPSA) is 63.2 Å². The molecule has 6 heteroatoms. The molecule has 0 bridgehead atoms. The zero-order chi connectivity index (χ0) is 3.58. The molecule has 0 fully saturated rings. The second kappa shape index (κ2) is 10.3. The summed E-state index contributed by atoms with van der Waals surface area (Å²) in [5.74, 6) is 0. The molecule has 0 aromatic rings. The third-order valence-corrected chi connectivity index (χ3v) is 0. The summed E-state index contributed by atoms with van der Waals surface area (Å²) in [6.07, 6.45) is 0. The Hall–Kier alpha value is 2.24. The third kappa shape index (κ3) is 34.2. The fraction of sp³-hybridized carbons (Fsp3) is 0. The average molecular weight is 149 g/mol. The van der Waals surface area contributed by atoms with Crippen LogP contribution in [0.15, 0.2) is 0 Å². The number of hydrogen-bond acceptors (Lipinski definition) is 3. The van der Waals surface area contributed by atoms with E-state index in [1.807, 2.05) is 0 Å². The van der Waals surface area contributed by atoms with Crippen LogP contribution in [0.1, 0.15) is 0 Å². The summed E-state index contributed by atoms with van der Waals surface area (Å²) < 4.78 is 25.6. The van der Waals surface area contributed by atoms with Crippen LogP contribution in [0.4, 0.5) is 0 Å². The fourth-order valence-corrected chi connectivity index (χ4v) is 0. The van der Waals surface area contributed by atoms with Gasteiger partial charge in [-0.15, -0.1) is 0 Å². The molecule has 0 radical (unpaired) electrons. The monoisotopic (exact) mass is 149 g/mol. The Bertz CT molecular complexity index is 31.8. The second-order valence-corrected chi connectivity index (χ2v) is 0.779. The van der Waals surface area contributed by atoms with Gasteiger partial charge in [-0.1, -0.05) is 0 Å². The molecule has 3 nitrogen and oxygen atoms in total. The van der Waals surface area contributed by atoms with Crippen molar-refractivity contribution in [3.8, 4) is 0 Å². The fourth-order valence-electron chi connectivity index (χ4n) is 0. The minimum atomic E-state index is -3.65. The van der Waals surface area contributed by atoms with Crippen molar-refractivity contribution in [1.29, 1.82) is 0 Å². The summed E-state index contributed by atoms with van der Waals surface area (Å²) in [4.78, 5) is 0. The SMILES string of the molecule is [Na+].[Na+].[O]=[Mn]([O-])[O-]. The Kier molecular flexibility index (Phi) is 26.9. The zero-order valence-corrected chi connectivity index (χ0v) is 8.78. The quantitative estimate of drug-likeness (QED) is 0.321. The Morgan fingerprint density at radius 2 is 1.17 bits per heavy atom. The Labute approximate surface area is 84.4 Å². The van der Waals surface area contributed by atoms with Crippen molar-refractivity contribution in [1.82, 2.24) is 0 Å². The minimum absolute atomic E-state index is 0. The maximum absolute atomic E-state index is 8.52. The molecule has 0 unspecified atom stereocenters. The van der Waals surface area contributed by atoms with Gasteiger partial charge in [-0.3, -0.25) is 0 Å². The van der Waals surface area contributed by atoms with Crippen LogP contribution in [0, 0.1) is 0 Å². The van der Waals surface area contributed by atoms with Crippen LogP contribution in [-0.2, 0) is 18.3 Å². The molecule has 0 atom stereocenters. The van der Waals surface area contributed by atoms with Crippen LogP contribution < -0.4 is 67.5 Å². The summed E-state index contributed by atoms with van der Waals surface area (Å²) in [6.45, 7) is 0. The van der Waals surface area contributed by atoms with E-state index in [1.165, 1.54) is 0 Å². The van der Waals surface area contributed by atoms with Crippen molar-refractivity contribution < 1.29 is 85.8 Å². The van der Waals surface area contributed by atoms with Crippen molar-refractivity contribution in [2.45, 2.75) is 0 Å². The van der Waals surface area contributed by atoms with Crippen molar-refractivity contribution in [3.05, 3.63) is 0 Å².